The minimum absolute atomic E-state index is 0.0149. The largest absolute Gasteiger partial charge is 0.455 e. The predicted molar refractivity (Wildman–Crippen MR) is 144 cm³/mol. The van der Waals surface area contributed by atoms with Crippen LogP contribution in [0, 0.1) is 5.92 Å². The number of aromatic nitrogens is 1. The fourth-order valence-corrected chi connectivity index (χ4v) is 5.95. The van der Waals surface area contributed by atoms with Crippen LogP contribution in [0.2, 0.25) is 5.02 Å². The van der Waals surface area contributed by atoms with E-state index >= 15 is 0 Å². The summed E-state index contributed by atoms with van der Waals surface area (Å²) in [4.78, 5) is 17.4. The maximum absolute atomic E-state index is 13.2. The highest BCUT2D eigenvalue weighted by molar-refractivity contribution is 6.32. The van der Waals surface area contributed by atoms with Crippen LogP contribution in [0.15, 0.2) is 60.9 Å². The van der Waals surface area contributed by atoms with Crippen LogP contribution in [0.25, 0.3) is 11.1 Å². The van der Waals surface area contributed by atoms with E-state index in [0.29, 0.717) is 28.7 Å². The van der Waals surface area contributed by atoms with Crippen molar-refractivity contribution in [3.05, 3.63) is 77.1 Å². The molecule has 1 saturated heterocycles. The molecule has 4 nitrogen and oxygen atoms in total. The summed E-state index contributed by atoms with van der Waals surface area (Å²) in [6.45, 7) is 11.0. The topological polar surface area (TPSA) is 51.2 Å². The zero-order valence-corrected chi connectivity index (χ0v) is 22.1. The summed E-state index contributed by atoms with van der Waals surface area (Å²) >= 11 is 6.63. The molecule has 1 fully saturated rings. The lowest BCUT2D eigenvalue weighted by molar-refractivity contribution is 0.0864. The molecule has 1 aliphatic heterocycles. The maximum atomic E-state index is 13.2. The van der Waals surface area contributed by atoms with Crippen molar-refractivity contribution in [2.75, 3.05) is 0 Å². The van der Waals surface area contributed by atoms with Gasteiger partial charge in [0.2, 0.25) is 0 Å². The fourth-order valence-electron chi connectivity index (χ4n) is 5.73. The van der Waals surface area contributed by atoms with Crippen LogP contribution in [0.1, 0.15) is 69.8 Å². The van der Waals surface area contributed by atoms with Gasteiger partial charge in [-0.05, 0) is 88.8 Å². The Kier molecular flexibility index (Phi) is 7.35. The van der Waals surface area contributed by atoms with Gasteiger partial charge in [-0.1, -0.05) is 36.7 Å². The van der Waals surface area contributed by atoms with Crippen LogP contribution < -0.4 is 10.1 Å². The monoisotopic (exact) mass is 490 g/mol. The number of piperidine rings is 1. The highest BCUT2D eigenvalue weighted by Crippen LogP contribution is 2.39. The number of nitrogens with zero attached hydrogens (tertiary/aromatic N) is 1. The molecule has 1 aromatic heterocycles. The van der Waals surface area contributed by atoms with E-state index < -0.39 is 0 Å². The third-order valence-electron chi connectivity index (χ3n) is 6.67. The number of benzene rings is 2. The van der Waals surface area contributed by atoms with E-state index in [1.54, 1.807) is 18.3 Å². The second-order valence-electron chi connectivity index (χ2n) is 10.9. The third kappa shape index (κ3) is 6.12. The number of ether oxygens (including phenoxy) is 1. The lowest BCUT2D eigenvalue weighted by atomic mass is 9.74. The molecule has 0 radical (unpaired) electrons. The van der Waals surface area contributed by atoms with E-state index in [-0.39, 0.29) is 16.9 Å². The molecule has 5 heteroatoms. The number of hydrogen-bond acceptors (Lipinski definition) is 4. The van der Waals surface area contributed by atoms with Crippen molar-refractivity contribution < 1.29 is 9.53 Å². The first-order chi connectivity index (χ1) is 16.6. The first-order valence-electron chi connectivity index (χ1n) is 12.4. The summed E-state index contributed by atoms with van der Waals surface area (Å²) in [5.74, 6) is 1.71. The Morgan fingerprint density at radius 1 is 1.06 bits per heavy atom. The summed E-state index contributed by atoms with van der Waals surface area (Å²) in [5.41, 5.74) is 3.84. The second kappa shape index (κ2) is 10.1. The van der Waals surface area contributed by atoms with Gasteiger partial charge in [-0.25, -0.2) is 0 Å². The number of nitrogens with one attached hydrogen (secondary N) is 1. The molecular formula is C30H35ClN2O2. The third-order valence-corrected chi connectivity index (χ3v) is 6.96. The lowest BCUT2D eigenvalue weighted by Crippen LogP contribution is -2.57. The molecular weight excluding hydrogens is 456 g/mol. The zero-order valence-electron chi connectivity index (χ0n) is 21.3. The SMILES string of the molecule is CCc1cccc(Oc2ccc(C(=O)CC3CC(C)(C)NC(C)(C)C3)cc2Cl)c1-c1cccnc1. The van der Waals surface area contributed by atoms with Crippen molar-refractivity contribution in [3.63, 3.8) is 0 Å². The zero-order chi connectivity index (χ0) is 25.2. The predicted octanol–water partition coefficient (Wildman–Crippen LogP) is 7.89. The van der Waals surface area contributed by atoms with E-state index in [4.69, 9.17) is 16.3 Å². The Labute approximate surface area is 214 Å². The normalized spacial score (nSPS) is 17.2. The molecule has 35 heavy (non-hydrogen) atoms. The van der Waals surface area contributed by atoms with Crippen molar-refractivity contribution in [1.82, 2.24) is 10.3 Å². The maximum Gasteiger partial charge on any atom is 0.163 e. The number of carbonyl (C=O) groups excluding carboxylic acids is 1. The van der Waals surface area contributed by atoms with E-state index in [0.717, 1.165) is 36.1 Å². The molecule has 3 aromatic rings. The van der Waals surface area contributed by atoms with Gasteiger partial charge in [-0.2, -0.15) is 0 Å². The van der Waals surface area contributed by atoms with E-state index in [1.807, 2.05) is 36.5 Å². The molecule has 2 heterocycles. The van der Waals surface area contributed by atoms with Crippen molar-refractivity contribution in [2.24, 2.45) is 5.92 Å². The van der Waals surface area contributed by atoms with Crippen LogP contribution in [0.5, 0.6) is 11.5 Å². The Morgan fingerprint density at radius 3 is 2.43 bits per heavy atom. The molecule has 4 rings (SSSR count). The molecule has 0 spiro atoms. The highest BCUT2D eigenvalue weighted by Gasteiger charge is 2.38. The van der Waals surface area contributed by atoms with Crippen molar-refractivity contribution >= 4 is 17.4 Å². The standard InChI is InChI=1S/C30H35ClN2O2/c1-6-21-9-7-11-27(28(21)23-10-8-14-32-19-23)35-26-13-12-22(16-24(26)31)25(34)15-20-17-29(2,3)33-30(4,5)18-20/h7-14,16,19-20,33H,6,15,17-18H2,1-5H3. The minimum atomic E-state index is 0.0149. The van der Waals surface area contributed by atoms with Crippen LogP contribution >= 0.6 is 11.6 Å². The average Bonchev–Trinajstić information content (AvgIpc) is 2.78. The van der Waals surface area contributed by atoms with Gasteiger partial charge in [0.15, 0.2) is 5.78 Å². The first-order valence-corrected chi connectivity index (χ1v) is 12.8. The molecule has 0 atom stereocenters. The number of pyridine rings is 1. The molecule has 0 bridgehead atoms. The smallest absolute Gasteiger partial charge is 0.163 e. The number of hydrogen-bond donors (Lipinski definition) is 1. The lowest BCUT2D eigenvalue weighted by Gasteiger charge is -2.46. The Hall–Kier alpha value is -2.69. The molecule has 0 amide bonds. The van der Waals surface area contributed by atoms with Gasteiger partial charge in [-0.3, -0.25) is 9.78 Å². The highest BCUT2D eigenvalue weighted by atomic mass is 35.5. The Balaban J connectivity index is 1.54. The average molecular weight is 491 g/mol. The number of carbonyl (C=O) groups is 1. The molecule has 1 aliphatic rings. The number of rotatable bonds is 7. The Morgan fingerprint density at radius 2 is 1.80 bits per heavy atom. The summed E-state index contributed by atoms with van der Waals surface area (Å²) in [6.07, 6.45) is 6.94. The summed E-state index contributed by atoms with van der Waals surface area (Å²) < 4.78 is 6.30. The molecule has 2 aromatic carbocycles. The van der Waals surface area contributed by atoms with Crippen LogP contribution in [0.4, 0.5) is 0 Å². The van der Waals surface area contributed by atoms with Gasteiger partial charge in [0.1, 0.15) is 11.5 Å². The van der Waals surface area contributed by atoms with Crippen molar-refractivity contribution in [1.29, 1.82) is 0 Å². The Bertz CT molecular complexity index is 1190. The van der Waals surface area contributed by atoms with Crippen molar-refractivity contribution in [2.45, 2.75) is 71.4 Å². The van der Waals surface area contributed by atoms with Crippen LogP contribution in [-0.4, -0.2) is 21.8 Å². The summed E-state index contributed by atoms with van der Waals surface area (Å²) in [6, 6.07) is 15.3. The quantitative estimate of drug-likeness (QED) is 0.342. The van der Waals surface area contributed by atoms with Gasteiger partial charge in [0.25, 0.3) is 0 Å². The van der Waals surface area contributed by atoms with Crippen LogP contribution in [0.3, 0.4) is 0 Å². The van der Waals surface area contributed by atoms with E-state index in [2.05, 4.69) is 51.0 Å². The molecule has 0 aliphatic carbocycles. The fraction of sp³-hybridized carbons (Fsp3) is 0.400. The summed E-state index contributed by atoms with van der Waals surface area (Å²) in [7, 11) is 0. The van der Waals surface area contributed by atoms with Gasteiger partial charge >= 0.3 is 0 Å². The summed E-state index contributed by atoms with van der Waals surface area (Å²) in [5, 5.41) is 4.12. The van der Waals surface area contributed by atoms with Crippen LogP contribution in [-0.2, 0) is 6.42 Å². The van der Waals surface area contributed by atoms with Gasteiger partial charge < -0.3 is 10.1 Å². The molecule has 184 valence electrons. The molecule has 1 N–H and O–H groups in total. The van der Waals surface area contributed by atoms with Crippen molar-refractivity contribution in [3.8, 4) is 22.6 Å². The second-order valence-corrected chi connectivity index (χ2v) is 11.3. The first kappa shape index (κ1) is 25.4. The van der Waals surface area contributed by atoms with Gasteiger partial charge in [0.05, 0.1) is 5.02 Å². The van der Waals surface area contributed by atoms with Gasteiger partial charge in [0, 0.05) is 46.6 Å². The number of halogens is 1. The van der Waals surface area contributed by atoms with E-state index in [1.165, 1.54) is 5.56 Å². The van der Waals surface area contributed by atoms with Gasteiger partial charge in [-0.15, -0.1) is 0 Å². The number of ketones is 1. The van der Waals surface area contributed by atoms with E-state index in [9.17, 15) is 4.79 Å². The number of aryl methyl sites for hydroxylation is 1. The molecule has 0 unspecified atom stereocenters. The molecule has 0 saturated carbocycles. The number of Topliss-reactive ketones (excluding diaryl/α,β-unsaturated/α-hetero) is 1. The minimum Gasteiger partial charge on any atom is -0.455 e.